The average Bonchev–Trinajstić information content (AvgIpc) is 2.47. The Morgan fingerprint density at radius 3 is 2.52 bits per heavy atom. The van der Waals surface area contributed by atoms with E-state index in [4.69, 9.17) is 14.2 Å². The maximum atomic E-state index is 12.0. The summed E-state index contributed by atoms with van der Waals surface area (Å²) >= 11 is 0. The maximum Gasteiger partial charge on any atom is 0.331 e. The number of allylic oxidation sites excluding steroid dienone is 1. The van der Waals surface area contributed by atoms with E-state index in [0.29, 0.717) is 17.2 Å². The van der Waals surface area contributed by atoms with E-state index in [-0.39, 0.29) is 0 Å². The van der Waals surface area contributed by atoms with Crippen LogP contribution in [-0.4, -0.2) is 32.2 Å². The minimum Gasteiger partial charge on any atom is -0.497 e. The molecule has 1 rings (SSSR count). The molecule has 1 amide bonds. The van der Waals surface area contributed by atoms with Crippen LogP contribution < -0.4 is 14.8 Å². The fourth-order valence-corrected chi connectivity index (χ4v) is 1.55. The zero-order chi connectivity index (χ0) is 15.8. The molecule has 114 valence electrons. The van der Waals surface area contributed by atoms with Gasteiger partial charge in [-0.1, -0.05) is 6.08 Å². The quantitative estimate of drug-likeness (QED) is 0.642. The van der Waals surface area contributed by atoms with Crippen LogP contribution in [0, 0.1) is 0 Å². The van der Waals surface area contributed by atoms with E-state index in [2.05, 4.69) is 5.32 Å². The van der Waals surface area contributed by atoms with Gasteiger partial charge in [0.05, 0.1) is 19.9 Å². The number of benzene rings is 1. The van der Waals surface area contributed by atoms with E-state index in [1.54, 1.807) is 25.1 Å². The lowest BCUT2D eigenvalue weighted by atomic mass is 10.2. The smallest absolute Gasteiger partial charge is 0.331 e. The Kier molecular flexibility index (Phi) is 6.26. The van der Waals surface area contributed by atoms with Gasteiger partial charge in [-0.05, 0) is 26.0 Å². The van der Waals surface area contributed by atoms with Crippen LogP contribution in [0.1, 0.15) is 13.8 Å². The van der Waals surface area contributed by atoms with Crippen molar-refractivity contribution in [1.29, 1.82) is 0 Å². The number of carbonyl (C=O) groups excluding carboxylic acids is 2. The summed E-state index contributed by atoms with van der Waals surface area (Å²) in [5.74, 6) is 0.0259. The van der Waals surface area contributed by atoms with Crippen LogP contribution in [0.15, 0.2) is 30.4 Å². The number of esters is 1. The molecule has 1 aromatic carbocycles. The highest BCUT2D eigenvalue weighted by Gasteiger charge is 2.18. The number of methoxy groups -OCH3 is 2. The van der Waals surface area contributed by atoms with Crippen LogP contribution in [0.5, 0.6) is 11.5 Å². The summed E-state index contributed by atoms with van der Waals surface area (Å²) in [4.78, 5) is 23.3. The van der Waals surface area contributed by atoms with E-state index in [9.17, 15) is 9.59 Å². The third-order valence-electron chi connectivity index (χ3n) is 2.63. The van der Waals surface area contributed by atoms with Crippen LogP contribution in [0.2, 0.25) is 0 Å². The second kappa shape index (κ2) is 7.94. The minimum absolute atomic E-state index is 0.441. The van der Waals surface area contributed by atoms with E-state index in [1.165, 1.54) is 33.3 Å². The Morgan fingerprint density at radius 2 is 1.95 bits per heavy atom. The van der Waals surface area contributed by atoms with Gasteiger partial charge in [0, 0.05) is 12.1 Å². The van der Waals surface area contributed by atoms with Gasteiger partial charge >= 0.3 is 5.97 Å². The standard InChI is InChI=1S/C15H19NO5/c1-5-6-14(17)21-10(2)15(18)16-12-9-11(19-3)7-8-13(12)20-4/h5-10H,1-4H3,(H,16,18)/b6-5+. The van der Waals surface area contributed by atoms with Gasteiger partial charge in [0.15, 0.2) is 6.10 Å². The predicted molar refractivity (Wildman–Crippen MR) is 78.5 cm³/mol. The minimum atomic E-state index is -0.926. The molecule has 1 unspecified atom stereocenters. The highest BCUT2D eigenvalue weighted by Crippen LogP contribution is 2.29. The normalized spacial score (nSPS) is 11.8. The fraction of sp³-hybridized carbons (Fsp3) is 0.333. The van der Waals surface area contributed by atoms with Crippen molar-refractivity contribution in [2.45, 2.75) is 20.0 Å². The van der Waals surface area contributed by atoms with Crippen molar-refractivity contribution in [3.05, 3.63) is 30.4 Å². The molecule has 0 aromatic heterocycles. The van der Waals surface area contributed by atoms with Gasteiger partial charge < -0.3 is 19.5 Å². The molecule has 1 aromatic rings. The van der Waals surface area contributed by atoms with Crippen molar-refractivity contribution < 1.29 is 23.8 Å². The SMILES string of the molecule is C/C=C/C(=O)OC(C)C(=O)Nc1cc(OC)ccc1OC. The highest BCUT2D eigenvalue weighted by atomic mass is 16.5. The predicted octanol–water partition coefficient (Wildman–Crippen LogP) is 2.15. The second-order valence-electron chi connectivity index (χ2n) is 4.13. The third kappa shape index (κ3) is 4.83. The van der Waals surface area contributed by atoms with E-state index in [1.807, 2.05) is 0 Å². The van der Waals surface area contributed by atoms with Crippen LogP contribution in [0.25, 0.3) is 0 Å². The monoisotopic (exact) mass is 293 g/mol. The molecule has 1 N–H and O–H groups in total. The number of anilines is 1. The van der Waals surface area contributed by atoms with E-state index >= 15 is 0 Å². The Labute approximate surface area is 123 Å². The van der Waals surface area contributed by atoms with Gasteiger partial charge in [-0.25, -0.2) is 4.79 Å². The molecule has 0 aliphatic heterocycles. The molecule has 0 heterocycles. The van der Waals surface area contributed by atoms with Crippen LogP contribution in [0.4, 0.5) is 5.69 Å². The molecule has 0 fully saturated rings. The number of nitrogens with one attached hydrogen (secondary N) is 1. The second-order valence-corrected chi connectivity index (χ2v) is 4.13. The summed E-state index contributed by atoms with van der Waals surface area (Å²) in [5, 5.41) is 2.64. The first-order valence-corrected chi connectivity index (χ1v) is 6.38. The van der Waals surface area contributed by atoms with Crippen molar-refractivity contribution in [3.63, 3.8) is 0 Å². The number of rotatable bonds is 6. The topological polar surface area (TPSA) is 73.9 Å². The zero-order valence-electron chi connectivity index (χ0n) is 12.5. The molecule has 0 aliphatic carbocycles. The Hall–Kier alpha value is -2.50. The molecule has 1 atom stereocenters. The number of amides is 1. The molecule has 0 bridgehead atoms. The first-order chi connectivity index (χ1) is 10.0. The molecule has 6 nitrogen and oxygen atoms in total. The lowest BCUT2D eigenvalue weighted by Crippen LogP contribution is -2.29. The molecule has 0 saturated carbocycles. The third-order valence-corrected chi connectivity index (χ3v) is 2.63. The molecular formula is C15H19NO5. The van der Waals surface area contributed by atoms with Gasteiger partial charge in [0.1, 0.15) is 11.5 Å². The summed E-state index contributed by atoms with van der Waals surface area (Å²) in [6.45, 7) is 3.18. The Balaban J connectivity index is 2.79. The largest absolute Gasteiger partial charge is 0.497 e. The van der Waals surface area contributed by atoms with Gasteiger partial charge in [0.2, 0.25) is 0 Å². The van der Waals surface area contributed by atoms with E-state index < -0.39 is 18.0 Å². The molecule has 0 radical (unpaired) electrons. The summed E-state index contributed by atoms with van der Waals surface area (Å²) in [7, 11) is 3.02. The number of hydrogen-bond donors (Lipinski definition) is 1. The summed E-state index contributed by atoms with van der Waals surface area (Å²) in [5.41, 5.74) is 0.441. The van der Waals surface area contributed by atoms with Gasteiger partial charge in [-0.2, -0.15) is 0 Å². The highest BCUT2D eigenvalue weighted by molar-refractivity contribution is 5.97. The first kappa shape index (κ1) is 16.6. The van der Waals surface area contributed by atoms with Crippen molar-refractivity contribution in [1.82, 2.24) is 0 Å². The van der Waals surface area contributed by atoms with Crippen molar-refractivity contribution in [3.8, 4) is 11.5 Å². The molecule has 0 spiro atoms. The van der Waals surface area contributed by atoms with Crippen molar-refractivity contribution >= 4 is 17.6 Å². The molecular weight excluding hydrogens is 274 g/mol. The zero-order valence-corrected chi connectivity index (χ0v) is 12.5. The van der Waals surface area contributed by atoms with Crippen LogP contribution >= 0.6 is 0 Å². The van der Waals surface area contributed by atoms with Crippen LogP contribution in [0.3, 0.4) is 0 Å². The van der Waals surface area contributed by atoms with Gasteiger partial charge in [0.25, 0.3) is 5.91 Å². The first-order valence-electron chi connectivity index (χ1n) is 6.38. The molecule has 0 saturated heterocycles. The maximum absolute atomic E-state index is 12.0. The van der Waals surface area contributed by atoms with Crippen molar-refractivity contribution in [2.24, 2.45) is 0 Å². The Bertz CT molecular complexity index is 539. The average molecular weight is 293 g/mol. The Morgan fingerprint density at radius 1 is 1.24 bits per heavy atom. The van der Waals surface area contributed by atoms with E-state index in [0.717, 1.165) is 0 Å². The lowest BCUT2D eigenvalue weighted by Gasteiger charge is -2.15. The van der Waals surface area contributed by atoms with Crippen LogP contribution in [-0.2, 0) is 14.3 Å². The fourth-order valence-electron chi connectivity index (χ4n) is 1.55. The van der Waals surface area contributed by atoms with Gasteiger partial charge in [-0.15, -0.1) is 0 Å². The van der Waals surface area contributed by atoms with Gasteiger partial charge in [-0.3, -0.25) is 4.79 Å². The summed E-state index contributed by atoms with van der Waals surface area (Å²) in [6.07, 6.45) is 1.86. The number of carbonyl (C=O) groups is 2. The number of hydrogen-bond acceptors (Lipinski definition) is 5. The summed E-state index contributed by atoms with van der Waals surface area (Å²) in [6, 6.07) is 5.01. The van der Waals surface area contributed by atoms with Crippen molar-refractivity contribution in [2.75, 3.05) is 19.5 Å². The molecule has 6 heteroatoms. The molecule has 0 aliphatic rings. The number of ether oxygens (including phenoxy) is 3. The lowest BCUT2D eigenvalue weighted by molar-refractivity contribution is -0.148. The summed E-state index contributed by atoms with van der Waals surface area (Å²) < 4.78 is 15.2. The molecule has 21 heavy (non-hydrogen) atoms.